The number of hydrogen-bond donors (Lipinski definition) is 1. The van der Waals surface area contributed by atoms with Crippen LogP contribution in [0.2, 0.25) is 0 Å². The zero-order valence-corrected chi connectivity index (χ0v) is 15.0. The van der Waals surface area contributed by atoms with E-state index in [0.29, 0.717) is 5.56 Å². The van der Waals surface area contributed by atoms with Crippen LogP contribution in [-0.4, -0.2) is 41.0 Å². The van der Waals surface area contributed by atoms with Crippen molar-refractivity contribution in [1.82, 2.24) is 9.55 Å². The van der Waals surface area contributed by atoms with Crippen LogP contribution >= 0.6 is 18.0 Å². The van der Waals surface area contributed by atoms with E-state index in [9.17, 15) is 18.9 Å². The maximum absolute atomic E-state index is 12.0. The molecule has 1 fully saturated rings. The summed E-state index contributed by atoms with van der Waals surface area (Å²) in [6.45, 7) is 0.605. The first-order valence-corrected chi connectivity index (χ1v) is 10.1. The molecule has 24 heavy (non-hydrogen) atoms. The van der Waals surface area contributed by atoms with Crippen LogP contribution < -0.4 is 11.2 Å². The number of nitrogens with zero attached hydrogens (tertiary/aromatic N) is 1. The lowest BCUT2D eigenvalue weighted by Crippen LogP contribution is -2.33. The summed E-state index contributed by atoms with van der Waals surface area (Å²) < 4.78 is 28.6. The molecule has 2 rings (SSSR count). The molecule has 0 aliphatic carbocycles. The Morgan fingerprint density at radius 3 is 2.79 bits per heavy atom. The Balaban J connectivity index is 2.23. The molecule has 1 aromatic rings. The Morgan fingerprint density at radius 1 is 1.54 bits per heavy atom. The first kappa shape index (κ1) is 18.9. The van der Waals surface area contributed by atoms with Gasteiger partial charge in [-0.3, -0.25) is 23.7 Å². The van der Waals surface area contributed by atoms with E-state index in [4.69, 9.17) is 25.2 Å². The molecule has 1 aliphatic heterocycles. The average molecular weight is 381 g/mol. The van der Waals surface area contributed by atoms with E-state index in [1.807, 2.05) is 0 Å². The Hall–Kier alpha value is -1.41. The van der Waals surface area contributed by atoms with Crippen molar-refractivity contribution in [2.45, 2.75) is 38.7 Å². The van der Waals surface area contributed by atoms with Gasteiger partial charge in [-0.1, -0.05) is 0 Å². The number of aromatic amines is 1. The molecule has 134 valence electrons. The predicted octanol–water partition coefficient (Wildman–Crippen LogP) is 1.14. The van der Waals surface area contributed by atoms with E-state index in [1.165, 1.54) is 24.4 Å². The molecule has 4 atom stereocenters. The van der Waals surface area contributed by atoms with Crippen molar-refractivity contribution in [2.75, 3.05) is 13.3 Å². The zero-order chi connectivity index (χ0) is 18.1. The Bertz CT molecular complexity index is 783. The first-order chi connectivity index (χ1) is 11.1. The monoisotopic (exact) mass is 380 g/mol. The number of H-pyrrole nitrogens is 1. The van der Waals surface area contributed by atoms with Crippen LogP contribution in [0.1, 0.15) is 25.1 Å². The molecular weight excluding hydrogens is 363 g/mol. The van der Waals surface area contributed by atoms with Gasteiger partial charge in [0.2, 0.25) is 0 Å². The van der Waals surface area contributed by atoms with Crippen molar-refractivity contribution < 1.29 is 23.4 Å². The maximum Gasteiger partial charge on any atom is 0.330 e. The number of rotatable bonds is 5. The van der Waals surface area contributed by atoms with E-state index in [0.717, 1.165) is 0 Å². The standard InChI is InChI=1S/C13H18ClN2O7P/c1-7-5-16(13(19)15-12(7)18)11-4-9(22-8(2)17)10(23-11)6-21-24(3,14)20/h5,9-11H,4,6H2,1-3H3,(H,15,18,19)/t9-,10+,11+,24?/m0/s1. The fraction of sp³-hybridized carbons (Fsp3) is 0.615. The summed E-state index contributed by atoms with van der Waals surface area (Å²) >= 11 is 5.56. The van der Waals surface area contributed by atoms with Crippen LogP contribution in [0.5, 0.6) is 0 Å². The van der Waals surface area contributed by atoms with Gasteiger partial charge in [0, 0.05) is 31.8 Å². The number of carbonyl (C=O) groups is 1. The average Bonchev–Trinajstić information content (AvgIpc) is 2.82. The Labute approximate surface area is 142 Å². The quantitative estimate of drug-likeness (QED) is 0.601. The number of aromatic nitrogens is 2. The first-order valence-electron chi connectivity index (χ1n) is 7.13. The summed E-state index contributed by atoms with van der Waals surface area (Å²) in [4.78, 5) is 36.8. The molecule has 9 nitrogen and oxygen atoms in total. The third kappa shape index (κ3) is 4.80. The molecule has 0 radical (unpaired) electrons. The van der Waals surface area contributed by atoms with Crippen LogP contribution in [0.25, 0.3) is 0 Å². The summed E-state index contributed by atoms with van der Waals surface area (Å²) in [6.07, 6.45) is -0.668. The third-order valence-corrected chi connectivity index (χ3v) is 4.33. The number of hydrogen-bond acceptors (Lipinski definition) is 7. The second-order valence-electron chi connectivity index (χ2n) is 5.53. The molecule has 0 aromatic carbocycles. The minimum atomic E-state index is -3.26. The highest BCUT2D eigenvalue weighted by atomic mass is 35.7. The summed E-state index contributed by atoms with van der Waals surface area (Å²) in [6, 6.07) is 0. The van der Waals surface area contributed by atoms with Crippen molar-refractivity contribution in [1.29, 1.82) is 0 Å². The molecule has 1 saturated heterocycles. The lowest BCUT2D eigenvalue weighted by Gasteiger charge is -2.18. The maximum atomic E-state index is 12.0. The SMILES string of the molecule is CC(=O)O[C@H]1C[C@H](n2cc(C)c(=O)[nH]c2=O)O[C@@H]1COP(C)(=O)Cl. The predicted molar refractivity (Wildman–Crippen MR) is 85.5 cm³/mol. The van der Waals surface area contributed by atoms with Crippen molar-refractivity contribution in [2.24, 2.45) is 0 Å². The highest BCUT2D eigenvalue weighted by Crippen LogP contribution is 2.48. The minimum Gasteiger partial charge on any atom is -0.460 e. The molecule has 11 heteroatoms. The van der Waals surface area contributed by atoms with Crippen LogP contribution in [-0.2, 0) is 23.4 Å². The van der Waals surface area contributed by atoms with Crippen molar-refractivity contribution in [3.8, 4) is 0 Å². The lowest BCUT2D eigenvalue weighted by atomic mass is 10.2. The van der Waals surface area contributed by atoms with Gasteiger partial charge in [-0.05, 0) is 18.2 Å². The van der Waals surface area contributed by atoms with Gasteiger partial charge in [-0.2, -0.15) is 0 Å². The van der Waals surface area contributed by atoms with Crippen molar-refractivity contribution >= 4 is 23.9 Å². The number of nitrogens with one attached hydrogen (secondary N) is 1. The lowest BCUT2D eigenvalue weighted by molar-refractivity contribution is -0.150. The van der Waals surface area contributed by atoms with Gasteiger partial charge in [-0.25, -0.2) is 4.79 Å². The van der Waals surface area contributed by atoms with E-state index < -0.39 is 42.4 Å². The second-order valence-corrected chi connectivity index (χ2v) is 9.13. The van der Waals surface area contributed by atoms with Crippen LogP contribution in [0, 0.1) is 6.92 Å². The third-order valence-electron chi connectivity index (χ3n) is 3.42. The van der Waals surface area contributed by atoms with Gasteiger partial charge in [0.15, 0.2) is 0 Å². The van der Waals surface area contributed by atoms with E-state index in [2.05, 4.69) is 4.98 Å². The minimum absolute atomic E-state index is 0.164. The molecule has 0 spiro atoms. The smallest absolute Gasteiger partial charge is 0.330 e. The molecule has 1 aromatic heterocycles. The van der Waals surface area contributed by atoms with Gasteiger partial charge < -0.3 is 14.0 Å². The Morgan fingerprint density at radius 2 is 2.21 bits per heavy atom. The fourth-order valence-electron chi connectivity index (χ4n) is 2.37. The van der Waals surface area contributed by atoms with E-state index in [1.54, 1.807) is 6.92 Å². The second kappa shape index (κ2) is 7.23. The van der Waals surface area contributed by atoms with E-state index >= 15 is 0 Å². The molecule has 2 heterocycles. The highest BCUT2D eigenvalue weighted by Gasteiger charge is 2.40. The molecule has 1 N–H and O–H groups in total. The Kier molecular flexibility index (Phi) is 5.70. The van der Waals surface area contributed by atoms with Gasteiger partial charge in [0.1, 0.15) is 18.4 Å². The van der Waals surface area contributed by atoms with Crippen LogP contribution in [0.3, 0.4) is 0 Å². The topological polar surface area (TPSA) is 117 Å². The summed E-state index contributed by atoms with van der Waals surface area (Å²) in [5, 5.41) is 0. The number of carbonyl (C=O) groups excluding carboxylic acids is 1. The van der Waals surface area contributed by atoms with Gasteiger partial charge in [0.05, 0.1) is 6.61 Å². The molecule has 0 amide bonds. The molecule has 1 aliphatic rings. The van der Waals surface area contributed by atoms with Gasteiger partial charge in [0.25, 0.3) is 12.3 Å². The van der Waals surface area contributed by atoms with Crippen molar-refractivity contribution in [3.63, 3.8) is 0 Å². The highest BCUT2D eigenvalue weighted by molar-refractivity contribution is 7.84. The summed E-state index contributed by atoms with van der Waals surface area (Å²) in [7, 11) is 0. The van der Waals surface area contributed by atoms with Crippen LogP contribution in [0.15, 0.2) is 15.8 Å². The fourth-order valence-corrected chi connectivity index (χ4v) is 2.95. The normalized spacial score (nSPS) is 26.1. The summed E-state index contributed by atoms with van der Waals surface area (Å²) in [5.74, 6) is -0.523. The largest absolute Gasteiger partial charge is 0.460 e. The molecule has 0 bridgehead atoms. The van der Waals surface area contributed by atoms with Gasteiger partial charge in [-0.15, -0.1) is 0 Å². The molecule has 1 unspecified atom stereocenters. The number of halogens is 1. The van der Waals surface area contributed by atoms with E-state index in [-0.39, 0.29) is 13.0 Å². The number of esters is 1. The van der Waals surface area contributed by atoms with Gasteiger partial charge >= 0.3 is 11.7 Å². The number of aryl methyl sites for hydroxylation is 1. The zero-order valence-electron chi connectivity index (χ0n) is 13.4. The summed E-state index contributed by atoms with van der Waals surface area (Å²) in [5.41, 5.74) is -0.794. The molecule has 0 saturated carbocycles. The molecular formula is C13H18ClN2O7P. The number of ether oxygens (including phenoxy) is 2. The van der Waals surface area contributed by atoms with Crippen molar-refractivity contribution in [3.05, 3.63) is 32.6 Å². The van der Waals surface area contributed by atoms with Crippen LogP contribution in [0.4, 0.5) is 0 Å².